The number of para-hydroxylation sites is 1. The minimum atomic E-state index is -4.85. The molecule has 6 rings (SSSR count). The van der Waals surface area contributed by atoms with E-state index in [0.717, 1.165) is 12.1 Å². The molecule has 0 unspecified atom stereocenters. The molecule has 0 aromatic heterocycles. The lowest BCUT2D eigenvalue weighted by atomic mass is 10.0. The second kappa shape index (κ2) is 11.4. The van der Waals surface area contributed by atoms with Gasteiger partial charge in [0.25, 0.3) is 0 Å². The van der Waals surface area contributed by atoms with Gasteiger partial charge in [-0.15, -0.1) is 0 Å². The van der Waals surface area contributed by atoms with Crippen molar-refractivity contribution >= 4 is 53.2 Å². The van der Waals surface area contributed by atoms with E-state index in [1.165, 1.54) is 54.6 Å². The van der Waals surface area contributed by atoms with Crippen LogP contribution in [0.15, 0.2) is 119 Å². The van der Waals surface area contributed by atoms with Crippen molar-refractivity contribution in [2.75, 3.05) is 0 Å². The summed E-state index contributed by atoms with van der Waals surface area (Å²) in [6.07, 6.45) is 0. The molecule has 0 bridgehead atoms. The lowest BCUT2D eigenvalue weighted by Gasteiger charge is -2.17. The first kappa shape index (κ1) is 29.8. The highest BCUT2D eigenvalue weighted by atomic mass is 32.2. The van der Waals surface area contributed by atoms with E-state index >= 15 is 0 Å². The Labute approximate surface area is 261 Å². The summed E-state index contributed by atoms with van der Waals surface area (Å²) in [5.74, 6) is -1.94. The topological polar surface area (TPSA) is 183 Å². The van der Waals surface area contributed by atoms with Crippen LogP contribution in [0, 0.1) is 10.8 Å². The van der Waals surface area contributed by atoms with E-state index in [1.54, 1.807) is 42.5 Å². The molecule has 0 saturated heterocycles. The predicted molar refractivity (Wildman–Crippen MR) is 168 cm³/mol. The van der Waals surface area contributed by atoms with Crippen molar-refractivity contribution in [2.45, 2.75) is 9.79 Å². The Morgan fingerprint density at radius 3 is 1.50 bits per heavy atom. The summed E-state index contributed by atoms with van der Waals surface area (Å²) in [6, 6.07) is 26.2. The number of nitrogens with zero attached hydrogens (tertiary/aromatic N) is 4. The molecule has 0 heterocycles. The molecule has 0 saturated carbocycles. The number of phenolic OH excluding ortho intramolecular Hbond substituents is 2. The Bertz CT molecular complexity index is 2510. The van der Waals surface area contributed by atoms with Crippen molar-refractivity contribution < 1.29 is 35.4 Å². The van der Waals surface area contributed by atoms with E-state index in [1.807, 2.05) is 0 Å². The highest BCUT2D eigenvalue weighted by Crippen LogP contribution is 2.45. The first-order valence-corrected chi connectivity index (χ1v) is 16.1. The van der Waals surface area contributed by atoms with E-state index in [2.05, 4.69) is 9.95 Å². The minimum Gasteiger partial charge on any atom is -0.501 e. The number of aromatic hydroxyl groups is 2. The Morgan fingerprint density at radius 1 is 0.543 bits per heavy atom. The first-order chi connectivity index (χ1) is 22.1. The van der Waals surface area contributed by atoms with Gasteiger partial charge in [-0.25, -0.2) is 0 Å². The molecule has 14 heteroatoms. The summed E-state index contributed by atoms with van der Waals surface area (Å²) < 4.78 is 66.8. The quantitative estimate of drug-likeness (QED) is 0.129. The van der Waals surface area contributed by atoms with Gasteiger partial charge >= 0.3 is 31.6 Å². The number of fused-ring (bicyclic) bond motifs is 2. The molecule has 0 radical (unpaired) electrons. The molecule has 2 N–H and O–H groups in total. The second-order valence-corrected chi connectivity index (χ2v) is 12.9. The standard InChI is InChI=1S/C32H18N4O8S2/c33-35-25-17-28(21-11-4-6-13-23(21)30(25)37)45(39,40)43-27-16-8-15-20(19-9-2-1-3-10-19)32(27)44-46(41,42)29-18-26(36-34)31(38)24-14-7-5-12-22(24)29/h1-18H/p+2. The normalized spacial score (nSPS) is 11.5. The Balaban J connectivity index is 1.55. The summed E-state index contributed by atoms with van der Waals surface area (Å²) in [6.45, 7) is 0. The summed E-state index contributed by atoms with van der Waals surface area (Å²) in [5, 5.41) is 40.1. The fourth-order valence-electron chi connectivity index (χ4n) is 5.02. The van der Waals surface area contributed by atoms with Gasteiger partial charge in [0.05, 0.1) is 12.1 Å². The SMILES string of the molecule is N#[N+]c1cc(S(=O)(=O)Oc2cccc(-c3ccccc3)c2OS(=O)(=O)c2cc([N+]#N)c(O)c3ccccc23)c2ccccc2c1O. The highest BCUT2D eigenvalue weighted by molar-refractivity contribution is 7.87. The molecule has 6 aromatic carbocycles. The van der Waals surface area contributed by atoms with Gasteiger partial charge in [-0.2, -0.15) is 16.8 Å². The van der Waals surface area contributed by atoms with E-state index in [-0.39, 0.29) is 27.1 Å². The minimum absolute atomic E-state index is 0.0375. The molecule has 0 aliphatic carbocycles. The third-order valence-electron chi connectivity index (χ3n) is 7.13. The maximum absolute atomic E-state index is 14.0. The molecular weight excluding hydrogens is 633 g/mol. The molecule has 46 heavy (non-hydrogen) atoms. The van der Waals surface area contributed by atoms with Crippen LogP contribution in [0.4, 0.5) is 11.4 Å². The number of rotatable bonds is 7. The van der Waals surface area contributed by atoms with Crippen LogP contribution in [-0.2, 0) is 20.2 Å². The van der Waals surface area contributed by atoms with Gasteiger partial charge in [0.1, 0.15) is 9.79 Å². The van der Waals surface area contributed by atoms with Gasteiger partial charge < -0.3 is 18.6 Å². The number of hydrogen-bond donors (Lipinski definition) is 2. The fraction of sp³-hybridized carbons (Fsp3) is 0. The van der Waals surface area contributed by atoms with Gasteiger partial charge in [-0.1, -0.05) is 91.0 Å². The maximum atomic E-state index is 14.0. The smallest absolute Gasteiger partial charge is 0.428 e. The van der Waals surface area contributed by atoms with Gasteiger partial charge in [-0.05, 0) is 11.6 Å². The molecule has 226 valence electrons. The van der Waals surface area contributed by atoms with Gasteiger partial charge in [0.15, 0.2) is 21.5 Å². The van der Waals surface area contributed by atoms with E-state index in [9.17, 15) is 37.8 Å². The fourth-order valence-corrected chi connectivity index (χ4v) is 7.37. The van der Waals surface area contributed by atoms with Crippen LogP contribution in [0.1, 0.15) is 0 Å². The van der Waals surface area contributed by atoms with E-state index in [4.69, 9.17) is 8.37 Å². The van der Waals surface area contributed by atoms with Crippen molar-refractivity contribution in [2.24, 2.45) is 0 Å². The maximum Gasteiger partial charge on any atom is 0.428 e. The Hall–Kier alpha value is -6.22. The summed E-state index contributed by atoms with van der Waals surface area (Å²) in [5.41, 5.74) is -0.287. The molecule has 0 spiro atoms. The molecule has 0 amide bonds. The van der Waals surface area contributed by atoms with Crippen molar-refractivity contribution in [3.8, 4) is 34.1 Å². The average molecular weight is 653 g/mol. The molecule has 0 aliphatic heterocycles. The summed E-state index contributed by atoms with van der Waals surface area (Å²) >= 11 is 0. The monoisotopic (exact) mass is 652 g/mol. The van der Waals surface area contributed by atoms with Crippen LogP contribution in [-0.4, -0.2) is 27.0 Å². The number of diazo groups is 2. The molecule has 0 fully saturated rings. The highest BCUT2D eigenvalue weighted by Gasteiger charge is 2.33. The molecule has 0 atom stereocenters. The van der Waals surface area contributed by atoms with Crippen molar-refractivity contribution in [1.29, 1.82) is 10.8 Å². The van der Waals surface area contributed by atoms with Crippen LogP contribution < -0.4 is 8.37 Å². The second-order valence-electron chi connectivity index (χ2n) is 9.85. The van der Waals surface area contributed by atoms with E-state index < -0.39 is 64.4 Å². The largest absolute Gasteiger partial charge is 0.501 e. The summed E-state index contributed by atoms with van der Waals surface area (Å²) in [4.78, 5) is 5.01. The summed E-state index contributed by atoms with van der Waals surface area (Å²) in [7, 11) is -9.67. The molecule has 6 aromatic rings. The average Bonchev–Trinajstić information content (AvgIpc) is 3.06. The third kappa shape index (κ3) is 5.13. The Morgan fingerprint density at radius 2 is 1.00 bits per heavy atom. The lowest BCUT2D eigenvalue weighted by Crippen LogP contribution is -2.15. The van der Waals surface area contributed by atoms with Crippen LogP contribution in [0.2, 0.25) is 0 Å². The zero-order chi connectivity index (χ0) is 32.6. The molecule has 12 nitrogen and oxygen atoms in total. The zero-order valence-corrected chi connectivity index (χ0v) is 25.0. The van der Waals surface area contributed by atoms with E-state index in [0.29, 0.717) is 5.56 Å². The first-order valence-electron chi connectivity index (χ1n) is 13.3. The number of phenols is 2. The predicted octanol–water partition coefficient (Wildman–Crippen LogP) is 7.58. The lowest BCUT2D eigenvalue weighted by molar-refractivity contribution is 0.450. The van der Waals surface area contributed by atoms with Crippen molar-refractivity contribution in [3.05, 3.63) is 119 Å². The number of hydrogen-bond acceptors (Lipinski definition) is 10. The van der Waals surface area contributed by atoms with Gasteiger partial charge in [0, 0.05) is 27.1 Å². The molecular formula is C32H20N4O8S2+2. The van der Waals surface area contributed by atoms with Crippen molar-refractivity contribution in [3.63, 3.8) is 0 Å². The van der Waals surface area contributed by atoms with Crippen LogP contribution in [0.3, 0.4) is 0 Å². The van der Waals surface area contributed by atoms with Crippen LogP contribution in [0.5, 0.6) is 23.0 Å². The van der Waals surface area contributed by atoms with Gasteiger partial charge in [-0.3, -0.25) is 0 Å². The molecule has 0 aliphatic rings. The van der Waals surface area contributed by atoms with Gasteiger partial charge in [0.2, 0.25) is 22.3 Å². The Kier molecular flexibility index (Phi) is 7.37. The van der Waals surface area contributed by atoms with Crippen LogP contribution in [0.25, 0.3) is 42.6 Å². The van der Waals surface area contributed by atoms with Crippen LogP contribution >= 0.6 is 0 Å². The van der Waals surface area contributed by atoms with Crippen molar-refractivity contribution in [1.82, 2.24) is 0 Å². The zero-order valence-electron chi connectivity index (χ0n) is 23.3. The third-order valence-corrected chi connectivity index (χ3v) is 9.66. The number of benzene rings is 6.